The van der Waals surface area contributed by atoms with E-state index in [1.165, 1.54) is 36.8 Å². The van der Waals surface area contributed by atoms with Gasteiger partial charge in [-0.15, -0.1) is 0 Å². The van der Waals surface area contributed by atoms with Crippen LogP contribution in [0.15, 0.2) is 54.6 Å². The van der Waals surface area contributed by atoms with Gasteiger partial charge in [0.05, 0.1) is 6.42 Å². The van der Waals surface area contributed by atoms with Gasteiger partial charge >= 0.3 is 5.97 Å². The Kier molecular flexibility index (Phi) is 6.84. The van der Waals surface area contributed by atoms with Gasteiger partial charge in [-0.05, 0) is 66.6 Å². The van der Waals surface area contributed by atoms with Crippen LogP contribution in [-0.4, -0.2) is 23.5 Å². The van der Waals surface area contributed by atoms with E-state index in [0.29, 0.717) is 12.1 Å². The molecule has 0 fully saturated rings. The van der Waals surface area contributed by atoms with Gasteiger partial charge in [0.1, 0.15) is 0 Å². The number of nitrogens with one attached hydrogen (secondary N) is 2. The van der Waals surface area contributed by atoms with E-state index in [9.17, 15) is 9.59 Å². The molecule has 0 heterocycles. The molecule has 146 valence electrons. The molecule has 0 unspecified atom stereocenters. The van der Waals surface area contributed by atoms with Crippen molar-refractivity contribution < 1.29 is 14.7 Å². The number of amides is 1. The van der Waals surface area contributed by atoms with Crippen LogP contribution in [0.25, 0.3) is 5.57 Å². The lowest BCUT2D eigenvalue weighted by Crippen LogP contribution is -2.25. The van der Waals surface area contributed by atoms with E-state index in [1.54, 1.807) is 12.1 Å². The van der Waals surface area contributed by atoms with Gasteiger partial charge in [-0.25, -0.2) is 0 Å². The number of carboxylic acids is 1. The maximum atomic E-state index is 12.0. The Labute approximate surface area is 165 Å². The number of hydrogen-bond acceptors (Lipinski definition) is 3. The zero-order valence-corrected chi connectivity index (χ0v) is 15.9. The van der Waals surface area contributed by atoms with Crippen molar-refractivity contribution in [2.75, 3.05) is 11.9 Å². The molecule has 2 aromatic carbocycles. The second-order valence-corrected chi connectivity index (χ2v) is 7.00. The van der Waals surface area contributed by atoms with Gasteiger partial charge in [0.2, 0.25) is 0 Å². The highest BCUT2D eigenvalue weighted by atomic mass is 16.4. The third kappa shape index (κ3) is 5.71. The predicted molar refractivity (Wildman–Crippen MR) is 111 cm³/mol. The SMILES string of the molecule is O=C(O)CCNC(=O)c1ccc(CNc2ccc(C3=CCCCC3)cc2)cc1. The summed E-state index contributed by atoms with van der Waals surface area (Å²) in [6.45, 7) is 0.799. The molecule has 0 spiro atoms. The molecule has 1 aliphatic rings. The number of anilines is 1. The molecule has 5 nitrogen and oxygen atoms in total. The number of benzene rings is 2. The molecule has 3 rings (SSSR count). The number of rotatable bonds is 8. The fourth-order valence-corrected chi connectivity index (χ4v) is 3.27. The Bertz CT molecular complexity index is 839. The molecule has 0 radical (unpaired) electrons. The molecule has 0 atom stereocenters. The lowest BCUT2D eigenvalue weighted by Gasteiger charge is -2.14. The minimum Gasteiger partial charge on any atom is -0.481 e. The van der Waals surface area contributed by atoms with Crippen LogP contribution in [0.3, 0.4) is 0 Å². The fourth-order valence-electron chi connectivity index (χ4n) is 3.27. The van der Waals surface area contributed by atoms with Gasteiger partial charge in [-0.1, -0.05) is 30.3 Å². The van der Waals surface area contributed by atoms with E-state index in [2.05, 4.69) is 41.0 Å². The summed E-state index contributed by atoms with van der Waals surface area (Å²) in [7, 11) is 0. The van der Waals surface area contributed by atoms with E-state index in [0.717, 1.165) is 11.3 Å². The molecule has 3 N–H and O–H groups in total. The monoisotopic (exact) mass is 378 g/mol. The molecule has 0 aliphatic heterocycles. The van der Waals surface area contributed by atoms with Crippen molar-refractivity contribution in [2.24, 2.45) is 0 Å². The Hall–Kier alpha value is -3.08. The molecule has 1 amide bonds. The van der Waals surface area contributed by atoms with E-state index in [-0.39, 0.29) is 18.9 Å². The van der Waals surface area contributed by atoms with E-state index < -0.39 is 5.97 Å². The normalized spacial score (nSPS) is 13.5. The summed E-state index contributed by atoms with van der Waals surface area (Å²) >= 11 is 0. The molecular weight excluding hydrogens is 352 g/mol. The van der Waals surface area contributed by atoms with Crippen LogP contribution in [0.2, 0.25) is 0 Å². The van der Waals surface area contributed by atoms with Crippen LogP contribution in [0.4, 0.5) is 5.69 Å². The highest BCUT2D eigenvalue weighted by Crippen LogP contribution is 2.27. The van der Waals surface area contributed by atoms with Crippen molar-refractivity contribution in [1.82, 2.24) is 5.32 Å². The van der Waals surface area contributed by atoms with Crippen molar-refractivity contribution in [3.05, 3.63) is 71.3 Å². The summed E-state index contributed by atoms with van der Waals surface area (Å²) in [5.74, 6) is -1.18. The van der Waals surface area contributed by atoms with Crippen LogP contribution < -0.4 is 10.6 Å². The number of allylic oxidation sites excluding steroid dienone is 2. The topological polar surface area (TPSA) is 78.4 Å². The lowest BCUT2D eigenvalue weighted by molar-refractivity contribution is -0.136. The van der Waals surface area contributed by atoms with Gasteiger partial charge < -0.3 is 15.7 Å². The molecule has 0 saturated carbocycles. The Balaban J connectivity index is 1.50. The summed E-state index contributed by atoms with van der Waals surface area (Å²) < 4.78 is 0. The third-order valence-corrected chi connectivity index (χ3v) is 4.88. The first-order valence-corrected chi connectivity index (χ1v) is 9.74. The van der Waals surface area contributed by atoms with Gasteiger partial charge in [0.15, 0.2) is 0 Å². The number of carbonyl (C=O) groups excluding carboxylic acids is 1. The Morgan fingerprint density at radius 2 is 1.71 bits per heavy atom. The molecule has 0 saturated heterocycles. The van der Waals surface area contributed by atoms with Gasteiger partial charge in [0.25, 0.3) is 5.91 Å². The van der Waals surface area contributed by atoms with Crippen LogP contribution in [-0.2, 0) is 11.3 Å². The van der Waals surface area contributed by atoms with Crippen LogP contribution in [0.5, 0.6) is 0 Å². The van der Waals surface area contributed by atoms with Crippen LogP contribution >= 0.6 is 0 Å². The molecule has 0 aromatic heterocycles. The summed E-state index contributed by atoms with van der Waals surface area (Å²) in [5, 5.41) is 14.6. The largest absolute Gasteiger partial charge is 0.481 e. The average molecular weight is 378 g/mol. The first-order valence-electron chi connectivity index (χ1n) is 9.74. The van der Waals surface area contributed by atoms with Gasteiger partial charge in [-0.3, -0.25) is 9.59 Å². The first-order chi connectivity index (χ1) is 13.6. The minimum atomic E-state index is -0.926. The third-order valence-electron chi connectivity index (χ3n) is 4.88. The molecule has 0 bridgehead atoms. The standard InChI is InChI=1S/C23H26N2O3/c26-22(27)14-15-24-23(28)20-8-6-17(7-9-20)16-25-21-12-10-19(11-13-21)18-4-2-1-3-5-18/h4,6-13,25H,1-3,5,14-16H2,(H,24,28)(H,26,27). The van der Waals surface area contributed by atoms with E-state index in [1.807, 2.05) is 12.1 Å². The summed E-state index contributed by atoms with van der Waals surface area (Å²) in [4.78, 5) is 22.4. The number of carboxylic acid groups (broad SMARTS) is 1. The fraction of sp³-hybridized carbons (Fsp3) is 0.304. The Morgan fingerprint density at radius 1 is 0.964 bits per heavy atom. The molecular formula is C23H26N2O3. The average Bonchev–Trinajstić information content (AvgIpc) is 2.73. The smallest absolute Gasteiger partial charge is 0.305 e. The van der Waals surface area contributed by atoms with E-state index in [4.69, 9.17) is 5.11 Å². The molecule has 28 heavy (non-hydrogen) atoms. The van der Waals surface area contributed by atoms with Crippen molar-refractivity contribution in [2.45, 2.75) is 38.6 Å². The summed E-state index contributed by atoms with van der Waals surface area (Å²) in [6, 6.07) is 15.9. The van der Waals surface area contributed by atoms with Crippen LogP contribution in [0.1, 0.15) is 53.6 Å². The van der Waals surface area contributed by atoms with Crippen molar-refractivity contribution in [3.8, 4) is 0 Å². The number of hydrogen-bond donors (Lipinski definition) is 3. The molecule has 1 aliphatic carbocycles. The van der Waals surface area contributed by atoms with Crippen molar-refractivity contribution >= 4 is 23.1 Å². The zero-order chi connectivity index (χ0) is 19.8. The summed E-state index contributed by atoms with van der Waals surface area (Å²) in [5.41, 5.74) is 5.43. The Morgan fingerprint density at radius 3 is 2.36 bits per heavy atom. The predicted octanol–water partition coefficient (Wildman–Crippen LogP) is 4.46. The van der Waals surface area contributed by atoms with E-state index >= 15 is 0 Å². The van der Waals surface area contributed by atoms with Crippen molar-refractivity contribution in [3.63, 3.8) is 0 Å². The second-order valence-electron chi connectivity index (χ2n) is 7.00. The minimum absolute atomic E-state index is 0.0795. The van der Waals surface area contributed by atoms with Crippen molar-refractivity contribution in [1.29, 1.82) is 0 Å². The second kappa shape index (κ2) is 9.74. The van der Waals surface area contributed by atoms with Gasteiger partial charge in [0, 0.05) is 24.3 Å². The van der Waals surface area contributed by atoms with Crippen LogP contribution in [0, 0.1) is 0 Å². The molecule has 5 heteroatoms. The lowest BCUT2D eigenvalue weighted by atomic mass is 9.94. The van der Waals surface area contributed by atoms with Gasteiger partial charge in [-0.2, -0.15) is 0 Å². The maximum Gasteiger partial charge on any atom is 0.305 e. The summed E-state index contributed by atoms with van der Waals surface area (Å²) in [6.07, 6.45) is 7.20. The number of carbonyl (C=O) groups is 2. The maximum absolute atomic E-state index is 12.0. The molecule has 2 aromatic rings. The number of aliphatic carboxylic acids is 1. The zero-order valence-electron chi connectivity index (χ0n) is 15.9. The highest BCUT2D eigenvalue weighted by Gasteiger charge is 2.07. The highest BCUT2D eigenvalue weighted by molar-refractivity contribution is 5.94. The first kappa shape index (κ1) is 19.7. The quantitative estimate of drug-likeness (QED) is 0.634.